The molecule has 0 bridgehead atoms. The minimum Gasteiger partial charge on any atom is -0.466 e. The van der Waals surface area contributed by atoms with Crippen molar-refractivity contribution in [1.29, 1.82) is 0 Å². The lowest BCUT2D eigenvalue weighted by Crippen LogP contribution is -2.31. The van der Waals surface area contributed by atoms with E-state index >= 15 is 0 Å². The average Bonchev–Trinajstić information content (AvgIpc) is 2.66. The zero-order valence-corrected chi connectivity index (χ0v) is 16.8. The number of benzene rings is 1. The molecular formula is C20H22FN3O3S. The Hall–Kier alpha value is -2.61. The predicted molar refractivity (Wildman–Crippen MR) is 107 cm³/mol. The van der Waals surface area contributed by atoms with E-state index < -0.39 is 17.7 Å². The van der Waals surface area contributed by atoms with Crippen LogP contribution in [0.1, 0.15) is 43.7 Å². The van der Waals surface area contributed by atoms with E-state index in [4.69, 9.17) is 4.74 Å². The molecule has 1 atom stereocenters. The van der Waals surface area contributed by atoms with Gasteiger partial charge in [0.2, 0.25) is 0 Å². The van der Waals surface area contributed by atoms with Crippen molar-refractivity contribution in [3.05, 3.63) is 62.8 Å². The summed E-state index contributed by atoms with van der Waals surface area (Å²) in [5.41, 5.74) is 1.19. The highest BCUT2D eigenvalue weighted by molar-refractivity contribution is 7.99. The number of hydrogen-bond donors (Lipinski definition) is 2. The van der Waals surface area contributed by atoms with Crippen LogP contribution in [0.3, 0.4) is 0 Å². The fourth-order valence-electron chi connectivity index (χ4n) is 3.21. The molecule has 0 saturated carbocycles. The van der Waals surface area contributed by atoms with Crippen molar-refractivity contribution in [2.45, 2.75) is 37.8 Å². The van der Waals surface area contributed by atoms with E-state index in [-0.39, 0.29) is 16.7 Å². The molecule has 3 rings (SSSR count). The van der Waals surface area contributed by atoms with Crippen molar-refractivity contribution in [3.8, 4) is 0 Å². The quantitative estimate of drug-likeness (QED) is 0.330. The number of fused-ring (bicyclic) bond motifs is 1. The summed E-state index contributed by atoms with van der Waals surface area (Å²) < 4.78 is 18.8. The van der Waals surface area contributed by atoms with Crippen LogP contribution in [0.5, 0.6) is 0 Å². The van der Waals surface area contributed by atoms with Gasteiger partial charge in [0, 0.05) is 11.4 Å². The molecule has 148 valence electrons. The number of anilines is 1. The zero-order valence-electron chi connectivity index (χ0n) is 16.0. The molecule has 6 nitrogen and oxygen atoms in total. The smallest absolute Gasteiger partial charge is 0.336 e. The number of halogens is 1. The lowest BCUT2D eigenvalue weighted by atomic mass is 9.82. The van der Waals surface area contributed by atoms with Gasteiger partial charge in [-0.2, -0.15) is 0 Å². The molecule has 0 unspecified atom stereocenters. The van der Waals surface area contributed by atoms with Crippen LogP contribution in [0, 0.1) is 5.82 Å². The number of nitrogens with one attached hydrogen (secondary N) is 2. The summed E-state index contributed by atoms with van der Waals surface area (Å²) in [5, 5.41) is 3.56. The summed E-state index contributed by atoms with van der Waals surface area (Å²) in [6.45, 7) is 3.81. The van der Waals surface area contributed by atoms with Crippen LogP contribution in [-0.2, 0) is 9.53 Å². The Labute approximate surface area is 166 Å². The average molecular weight is 403 g/mol. The number of H-pyrrole nitrogens is 1. The van der Waals surface area contributed by atoms with E-state index in [0.717, 1.165) is 18.6 Å². The molecule has 2 N–H and O–H groups in total. The first-order valence-corrected chi connectivity index (χ1v) is 10.0. The fraction of sp³-hybridized carbons (Fsp3) is 0.350. The summed E-state index contributed by atoms with van der Waals surface area (Å²) in [5.74, 6) is -0.581. The molecule has 0 radical (unpaired) electrons. The van der Waals surface area contributed by atoms with Crippen molar-refractivity contribution >= 4 is 23.5 Å². The summed E-state index contributed by atoms with van der Waals surface area (Å²) >= 11 is 1.47. The second-order valence-electron chi connectivity index (χ2n) is 6.48. The number of thioether (sulfide) groups is 1. The SMILES string of the molecule is CCCCSc1nc2c(c(=O)[nH]1)[C@@H](c1cccc(F)c1)C(C(=O)OC)=C(C)N2. The maximum absolute atomic E-state index is 13.9. The third-order valence-corrected chi connectivity index (χ3v) is 5.50. The number of aromatic amines is 1. The Bertz CT molecular complexity index is 987. The Morgan fingerprint density at radius 1 is 1.39 bits per heavy atom. The van der Waals surface area contributed by atoms with Gasteiger partial charge >= 0.3 is 5.97 Å². The van der Waals surface area contributed by atoms with E-state index in [1.807, 2.05) is 0 Å². The van der Waals surface area contributed by atoms with Crippen LogP contribution >= 0.6 is 11.8 Å². The lowest BCUT2D eigenvalue weighted by Gasteiger charge is -2.28. The molecule has 1 aliphatic heterocycles. The summed E-state index contributed by atoms with van der Waals surface area (Å²) in [4.78, 5) is 32.7. The van der Waals surface area contributed by atoms with Crippen LogP contribution in [0.4, 0.5) is 10.2 Å². The molecule has 0 fully saturated rings. The topological polar surface area (TPSA) is 84.1 Å². The molecule has 1 aromatic carbocycles. The third-order valence-electron chi connectivity index (χ3n) is 4.54. The molecule has 0 saturated heterocycles. The molecule has 2 aromatic rings. The van der Waals surface area contributed by atoms with Crippen molar-refractivity contribution in [1.82, 2.24) is 9.97 Å². The van der Waals surface area contributed by atoms with E-state index in [1.54, 1.807) is 19.1 Å². The molecule has 1 aromatic heterocycles. The molecule has 2 heterocycles. The first-order chi connectivity index (χ1) is 13.5. The molecule has 1 aliphatic rings. The summed E-state index contributed by atoms with van der Waals surface area (Å²) in [6, 6.07) is 5.87. The van der Waals surface area contributed by atoms with Gasteiger partial charge < -0.3 is 15.0 Å². The number of allylic oxidation sites excluding steroid dienone is 1. The highest BCUT2D eigenvalue weighted by Crippen LogP contribution is 2.40. The van der Waals surface area contributed by atoms with Crippen molar-refractivity contribution < 1.29 is 13.9 Å². The molecule has 28 heavy (non-hydrogen) atoms. The largest absolute Gasteiger partial charge is 0.466 e. The number of ether oxygens (including phenoxy) is 1. The third kappa shape index (κ3) is 3.96. The predicted octanol–water partition coefficient (Wildman–Crippen LogP) is 3.81. The van der Waals surface area contributed by atoms with Gasteiger partial charge in [-0.3, -0.25) is 4.79 Å². The van der Waals surface area contributed by atoms with E-state index in [0.29, 0.717) is 22.2 Å². The van der Waals surface area contributed by atoms with Crippen LogP contribution < -0.4 is 10.9 Å². The van der Waals surface area contributed by atoms with Crippen molar-refractivity contribution in [2.75, 3.05) is 18.2 Å². The normalized spacial score (nSPS) is 15.8. The Balaban J connectivity index is 2.15. The standard InChI is InChI=1S/C20H22FN3O3S/c1-4-5-9-28-20-23-17-16(18(25)24-20)15(12-7-6-8-13(21)10-12)14(11(2)22-17)19(26)27-3/h6-8,10,15H,4-5,9H2,1-3H3,(H2,22,23,24,25)/t15-/m0/s1. The number of unbranched alkanes of at least 4 members (excludes halogenated alkanes) is 1. The van der Waals surface area contributed by atoms with Crippen molar-refractivity contribution in [2.24, 2.45) is 0 Å². The monoisotopic (exact) mass is 403 g/mol. The van der Waals surface area contributed by atoms with Gasteiger partial charge in [-0.1, -0.05) is 37.2 Å². The molecule has 0 amide bonds. The van der Waals surface area contributed by atoms with E-state index in [1.165, 1.54) is 31.0 Å². The number of nitrogens with zero attached hydrogens (tertiary/aromatic N) is 1. The second kappa shape index (κ2) is 8.60. The van der Waals surface area contributed by atoms with Crippen LogP contribution in [0.25, 0.3) is 0 Å². The summed E-state index contributed by atoms with van der Waals surface area (Å²) in [7, 11) is 1.27. The minimum atomic E-state index is -0.773. The van der Waals surface area contributed by atoms with E-state index in [2.05, 4.69) is 22.2 Å². The molecular weight excluding hydrogens is 381 g/mol. The maximum Gasteiger partial charge on any atom is 0.336 e. The number of esters is 1. The van der Waals surface area contributed by atoms with Gasteiger partial charge in [0.15, 0.2) is 5.16 Å². The Kier molecular flexibility index (Phi) is 6.18. The molecule has 8 heteroatoms. The molecule has 0 spiro atoms. The number of hydrogen-bond acceptors (Lipinski definition) is 6. The number of methoxy groups -OCH3 is 1. The number of aromatic nitrogens is 2. The van der Waals surface area contributed by atoms with Crippen molar-refractivity contribution in [3.63, 3.8) is 0 Å². The Morgan fingerprint density at radius 2 is 2.18 bits per heavy atom. The fourth-order valence-corrected chi connectivity index (χ4v) is 4.16. The zero-order chi connectivity index (χ0) is 20.3. The number of rotatable bonds is 6. The van der Waals surface area contributed by atoms with Crippen LogP contribution in [0.15, 0.2) is 45.5 Å². The molecule has 0 aliphatic carbocycles. The maximum atomic E-state index is 13.9. The summed E-state index contributed by atoms with van der Waals surface area (Å²) in [6.07, 6.45) is 2.06. The van der Waals surface area contributed by atoms with Crippen LogP contribution in [-0.4, -0.2) is 28.8 Å². The van der Waals surface area contributed by atoms with Gasteiger partial charge in [0.05, 0.1) is 24.2 Å². The Morgan fingerprint density at radius 3 is 2.86 bits per heavy atom. The number of carbonyl (C=O) groups is 1. The highest BCUT2D eigenvalue weighted by atomic mass is 32.2. The first kappa shape index (κ1) is 20.1. The van der Waals surface area contributed by atoms with Gasteiger partial charge in [-0.05, 0) is 31.0 Å². The van der Waals surface area contributed by atoms with Gasteiger partial charge in [-0.15, -0.1) is 0 Å². The van der Waals surface area contributed by atoms with Gasteiger partial charge in [0.1, 0.15) is 11.6 Å². The first-order valence-electron chi connectivity index (χ1n) is 9.04. The lowest BCUT2D eigenvalue weighted by molar-refractivity contribution is -0.136. The highest BCUT2D eigenvalue weighted by Gasteiger charge is 2.36. The number of carbonyl (C=O) groups excluding carboxylic acids is 1. The second-order valence-corrected chi connectivity index (χ2v) is 7.56. The van der Waals surface area contributed by atoms with E-state index in [9.17, 15) is 14.0 Å². The van der Waals surface area contributed by atoms with Crippen LogP contribution in [0.2, 0.25) is 0 Å². The minimum absolute atomic E-state index is 0.263. The van der Waals surface area contributed by atoms with Gasteiger partial charge in [-0.25, -0.2) is 14.2 Å². The van der Waals surface area contributed by atoms with Gasteiger partial charge in [0.25, 0.3) is 5.56 Å².